The van der Waals surface area contributed by atoms with E-state index in [2.05, 4.69) is 6.58 Å². The molecule has 2 heterocycles. The lowest BCUT2D eigenvalue weighted by atomic mass is 9.60. The Labute approximate surface area is 140 Å². The molecule has 0 amide bonds. The molecule has 0 radical (unpaired) electrons. The van der Waals surface area contributed by atoms with Gasteiger partial charge in [-0.1, -0.05) is 12.2 Å². The van der Waals surface area contributed by atoms with Crippen LogP contribution in [0.1, 0.15) is 39.0 Å². The number of esters is 1. The number of ether oxygens (including phenoxy) is 2. The van der Waals surface area contributed by atoms with Gasteiger partial charge in [-0.15, -0.1) is 0 Å². The third kappa shape index (κ3) is 1.14. The zero-order valence-corrected chi connectivity index (χ0v) is 13.8. The van der Waals surface area contributed by atoms with Gasteiger partial charge in [-0.3, -0.25) is 9.59 Å². The van der Waals surface area contributed by atoms with Gasteiger partial charge in [-0.25, -0.2) is 0 Å². The molecule has 6 aliphatic rings. The summed E-state index contributed by atoms with van der Waals surface area (Å²) in [6.07, 6.45) is 4.14. The van der Waals surface area contributed by atoms with Crippen LogP contribution in [0.15, 0.2) is 12.2 Å². The summed E-state index contributed by atoms with van der Waals surface area (Å²) in [5, 5.41) is 10.2. The van der Waals surface area contributed by atoms with Gasteiger partial charge in [0.25, 0.3) is 0 Å². The lowest BCUT2D eigenvalue weighted by molar-refractivity contribution is -0.157. The Kier molecular flexibility index (Phi) is 2.08. The molecule has 5 nitrogen and oxygen atoms in total. The molecular formula is C19H22O5. The highest BCUT2D eigenvalue weighted by molar-refractivity contribution is 5.84. The van der Waals surface area contributed by atoms with E-state index >= 15 is 0 Å². The van der Waals surface area contributed by atoms with Crippen LogP contribution >= 0.6 is 0 Å². The van der Waals surface area contributed by atoms with Crippen LogP contribution in [0.3, 0.4) is 0 Å². The number of carboxylic acid groups (broad SMARTS) is 1. The van der Waals surface area contributed by atoms with Gasteiger partial charge in [-0.05, 0) is 49.9 Å². The number of fused-ring (bicyclic) bond motifs is 5. The lowest BCUT2D eigenvalue weighted by Gasteiger charge is -2.39. The van der Waals surface area contributed by atoms with Crippen molar-refractivity contribution >= 4 is 11.9 Å². The van der Waals surface area contributed by atoms with Gasteiger partial charge in [0.2, 0.25) is 0 Å². The Morgan fingerprint density at radius 2 is 2.12 bits per heavy atom. The first-order valence-corrected chi connectivity index (χ1v) is 9.14. The standard InChI is InChI=1S/C19H22O5/c1-8-5-18-6-9(8)3-4-11(18)19-13(12(18)15(20)21)17(2)7-10(14(19)24-19)23-16(17)22/h9-14H,1,3-7H2,2H3,(H,20,21)/t9-,10+,11-,12-,13+,14-,17-,18+,19+/m1/s1. The van der Waals surface area contributed by atoms with Crippen molar-refractivity contribution in [2.24, 2.45) is 34.5 Å². The van der Waals surface area contributed by atoms with Crippen LogP contribution in [0, 0.1) is 34.5 Å². The van der Waals surface area contributed by atoms with Gasteiger partial charge < -0.3 is 14.6 Å². The summed E-state index contributed by atoms with van der Waals surface area (Å²) in [6.45, 7) is 6.18. The molecule has 4 bridgehead atoms. The molecule has 2 spiro atoms. The second kappa shape index (κ2) is 3.59. The van der Waals surface area contributed by atoms with E-state index in [0.29, 0.717) is 12.3 Å². The summed E-state index contributed by atoms with van der Waals surface area (Å²) in [4.78, 5) is 25.1. The van der Waals surface area contributed by atoms with E-state index in [1.807, 2.05) is 6.92 Å². The maximum absolute atomic E-state index is 12.6. The van der Waals surface area contributed by atoms with Crippen molar-refractivity contribution in [1.29, 1.82) is 0 Å². The molecule has 0 aromatic heterocycles. The molecule has 4 aliphatic carbocycles. The molecule has 0 unspecified atom stereocenters. The molecule has 5 heteroatoms. The third-order valence-corrected chi connectivity index (χ3v) is 8.60. The van der Waals surface area contributed by atoms with E-state index in [1.54, 1.807) is 0 Å². The maximum atomic E-state index is 12.6. The minimum Gasteiger partial charge on any atom is -0.481 e. The average molecular weight is 330 g/mol. The summed E-state index contributed by atoms with van der Waals surface area (Å²) >= 11 is 0. The highest BCUT2D eigenvalue weighted by Crippen LogP contribution is 2.81. The van der Waals surface area contributed by atoms with Gasteiger partial charge in [-0.2, -0.15) is 0 Å². The van der Waals surface area contributed by atoms with Crippen LogP contribution in [0.25, 0.3) is 0 Å². The molecular weight excluding hydrogens is 308 g/mol. The van der Waals surface area contributed by atoms with Crippen LogP contribution < -0.4 is 0 Å². The summed E-state index contributed by atoms with van der Waals surface area (Å²) in [5.41, 5.74) is -0.206. The Morgan fingerprint density at radius 3 is 2.88 bits per heavy atom. The van der Waals surface area contributed by atoms with E-state index < -0.39 is 22.9 Å². The topological polar surface area (TPSA) is 76.1 Å². The molecule has 128 valence electrons. The zero-order chi connectivity index (χ0) is 16.6. The number of rotatable bonds is 1. The van der Waals surface area contributed by atoms with Crippen LogP contribution in [-0.2, 0) is 19.1 Å². The number of epoxide rings is 1. The molecule has 4 saturated carbocycles. The highest BCUT2D eigenvalue weighted by Gasteiger charge is 2.89. The number of carboxylic acids is 1. The Morgan fingerprint density at radius 1 is 1.33 bits per heavy atom. The normalized spacial score (nSPS) is 61.9. The first kappa shape index (κ1) is 13.9. The van der Waals surface area contributed by atoms with E-state index in [-0.39, 0.29) is 35.4 Å². The second-order valence-corrected chi connectivity index (χ2v) is 9.35. The number of hydrogen-bond donors (Lipinski definition) is 1. The fourth-order valence-electron chi connectivity index (χ4n) is 7.98. The first-order valence-electron chi connectivity index (χ1n) is 9.14. The van der Waals surface area contributed by atoms with Crippen molar-refractivity contribution in [3.63, 3.8) is 0 Å². The molecule has 0 aromatic carbocycles. The summed E-state index contributed by atoms with van der Waals surface area (Å²) in [7, 11) is 0. The minimum atomic E-state index is -0.758. The summed E-state index contributed by atoms with van der Waals surface area (Å²) < 4.78 is 11.9. The lowest BCUT2D eigenvalue weighted by Crippen LogP contribution is -2.49. The van der Waals surface area contributed by atoms with Crippen LogP contribution in [0.5, 0.6) is 0 Å². The number of carbonyl (C=O) groups excluding carboxylic acids is 1. The molecule has 2 saturated heterocycles. The van der Waals surface area contributed by atoms with E-state index in [4.69, 9.17) is 9.47 Å². The number of carbonyl (C=O) groups is 2. The van der Waals surface area contributed by atoms with Crippen molar-refractivity contribution in [3.05, 3.63) is 12.2 Å². The number of allylic oxidation sites excluding steroid dienone is 1. The zero-order valence-electron chi connectivity index (χ0n) is 13.8. The second-order valence-electron chi connectivity index (χ2n) is 9.35. The molecule has 2 aliphatic heterocycles. The predicted octanol–water partition coefficient (Wildman–Crippen LogP) is 2.15. The van der Waals surface area contributed by atoms with Crippen molar-refractivity contribution < 1.29 is 24.2 Å². The molecule has 1 N–H and O–H groups in total. The summed E-state index contributed by atoms with van der Waals surface area (Å²) in [6, 6.07) is 0. The van der Waals surface area contributed by atoms with Crippen molar-refractivity contribution in [2.45, 2.75) is 56.8 Å². The van der Waals surface area contributed by atoms with Gasteiger partial charge >= 0.3 is 11.9 Å². The first-order chi connectivity index (χ1) is 11.3. The SMILES string of the molecule is C=C1C[C@]23C[C@H]1CC[C@H]2[C@@]12O[C@@H]1[C@@H]1C[C@@](C)(C(=O)O1)[C@@H]2[C@@H]3C(=O)O. The van der Waals surface area contributed by atoms with Crippen molar-refractivity contribution in [3.8, 4) is 0 Å². The maximum Gasteiger partial charge on any atom is 0.312 e. The smallest absolute Gasteiger partial charge is 0.312 e. The van der Waals surface area contributed by atoms with E-state index in [9.17, 15) is 14.7 Å². The van der Waals surface area contributed by atoms with Gasteiger partial charge in [0.05, 0.1) is 11.3 Å². The molecule has 9 atom stereocenters. The van der Waals surface area contributed by atoms with Crippen LogP contribution in [-0.4, -0.2) is 34.9 Å². The molecule has 24 heavy (non-hydrogen) atoms. The largest absolute Gasteiger partial charge is 0.481 e. The quantitative estimate of drug-likeness (QED) is 0.453. The molecule has 6 fully saturated rings. The number of aliphatic carboxylic acids is 1. The monoisotopic (exact) mass is 330 g/mol. The van der Waals surface area contributed by atoms with Gasteiger partial charge in [0, 0.05) is 12.3 Å². The Balaban J connectivity index is 1.60. The Hall–Kier alpha value is -1.36. The van der Waals surface area contributed by atoms with Gasteiger partial charge in [0.15, 0.2) is 0 Å². The highest BCUT2D eigenvalue weighted by atomic mass is 16.7. The fourth-order valence-corrected chi connectivity index (χ4v) is 7.98. The van der Waals surface area contributed by atoms with Crippen LogP contribution in [0.2, 0.25) is 0 Å². The van der Waals surface area contributed by atoms with Crippen LogP contribution in [0.4, 0.5) is 0 Å². The van der Waals surface area contributed by atoms with E-state index in [0.717, 1.165) is 25.7 Å². The van der Waals surface area contributed by atoms with Gasteiger partial charge in [0.1, 0.15) is 17.8 Å². The van der Waals surface area contributed by atoms with Crippen molar-refractivity contribution in [2.75, 3.05) is 0 Å². The third-order valence-electron chi connectivity index (χ3n) is 8.60. The fraction of sp³-hybridized carbons (Fsp3) is 0.789. The average Bonchev–Trinajstić information content (AvgIpc) is 3.03. The van der Waals surface area contributed by atoms with E-state index in [1.165, 1.54) is 5.57 Å². The van der Waals surface area contributed by atoms with Crippen molar-refractivity contribution in [1.82, 2.24) is 0 Å². The Bertz CT molecular complexity index is 729. The number of hydrogen-bond acceptors (Lipinski definition) is 4. The predicted molar refractivity (Wildman–Crippen MR) is 81.8 cm³/mol. The summed E-state index contributed by atoms with van der Waals surface area (Å²) in [5.74, 6) is -1.06. The molecule has 0 aromatic rings. The molecule has 6 rings (SSSR count). The minimum absolute atomic E-state index is 0.0846.